The van der Waals surface area contributed by atoms with Crippen LogP contribution in [0.3, 0.4) is 0 Å². The molecule has 2 heterocycles. The minimum Gasteiger partial charge on any atom is -0.342 e. The normalized spacial score (nSPS) is 17.7. The number of halogens is 1. The van der Waals surface area contributed by atoms with Crippen molar-refractivity contribution < 1.29 is 19.2 Å². The molecular weight excluding hydrogens is 506 g/mol. The minimum atomic E-state index is -1.17. The van der Waals surface area contributed by atoms with Gasteiger partial charge in [0.15, 0.2) is 0 Å². The molecule has 10 heteroatoms. The number of urea groups is 1. The topological polar surface area (TPSA) is 107 Å². The van der Waals surface area contributed by atoms with Crippen molar-refractivity contribution in [3.63, 3.8) is 0 Å². The Morgan fingerprint density at radius 1 is 1.00 bits per heavy atom. The highest BCUT2D eigenvalue weighted by Crippen LogP contribution is 2.40. The van der Waals surface area contributed by atoms with Crippen molar-refractivity contribution in [3.8, 4) is 0 Å². The number of benzene rings is 2. The van der Waals surface area contributed by atoms with Crippen LogP contribution in [0.5, 0.6) is 0 Å². The minimum absolute atomic E-state index is 0.202. The Morgan fingerprint density at radius 2 is 1.61 bits per heavy atom. The third kappa shape index (κ3) is 5.26. The zero-order valence-corrected chi connectivity index (χ0v) is 22.6. The van der Waals surface area contributed by atoms with E-state index in [1.807, 2.05) is 32.0 Å². The summed E-state index contributed by atoms with van der Waals surface area (Å²) in [5.74, 6) is -0.877. The zero-order valence-electron chi connectivity index (χ0n) is 21.8. The van der Waals surface area contributed by atoms with Crippen LogP contribution in [-0.2, 0) is 20.8 Å². The summed E-state index contributed by atoms with van der Waals surface area (Å²) in [6.07, 6.45) is 0.871. The Labute approximate surface area is 228 Å². The van der Waals surface area contributed by atoms with Crippen LogP contribution in [0.25, 0.3) is 0 Å². The molecule has 2 fully saturated rings. The van der Waals surface area contributed by atoms with Gasteiger partial charge < -0.3 is 15.5 Å². The lowest BCUT2D eigenvalue weighted by atomic mass is 9.85. The number of likely N-dealkylation sites (N-methyl/N-ethyl adjacent to an activating group) is 1. The van der Waals surface area contributed by atoms with Gasteiger partial charge in [-0.3, -0.25) is 24.2 Å². The second-order valence-corrected chi connectivity index (χ2v) is 10.1. The van der Waals surface area contributed by atoms with E-state index < -0.39 is 23.5 Å². The van der Waals surface area contributed by atoms with E-state index >= 15 is 0 Å². The highest BCUT2D eigenvalue weighted by atomic mass is 35.5. The molecule has 4 rings (SSSR count). The molecule has 38 heavy (non-hydrogen) atoms. The summed E-state index contributed by atoms with van der Waals surface area (Å²) in [7, 11) is 0. The standard InChI is InChI=1S/C28H34ClN5O4/c1-3-31(4-2)24(35)19-33-26(37)28(34(27(33)38)22-8-6-5-7-9-22)14-16-32(17-15-28)25(36)23(30)18-20-10-12-21(29)13-11-20/h5-13,23H,3-4,14-19,30H2,1-2H3/t23-/m1/s1. The summed E-state index contributed by atoms with van der Waals surface area (Å²) in [6, 6.07) is 15.0. The smallest absolute Gasteiger partial charge is 0.332 e. The van der Waals surface area contributed by atoms with E-state index in [2.05, 4.69) is 0 Å². The van der Waals surface area contributed by atoms with Gasteiger partial charge in [-0.15, -0.1) is 0 Å². The summed E-state index contributed by atoms with van der Waals surface area (Å²) in [5.41, 5.74) is 6.58. The largest absolute Gasteiger partial charge is 0.342 e. The maximum atomic E-state index is 13.8. The molecule has 2 aliphatic heterocycles. The van der Waals surface area contributed by atoms with Crippen LogP contribution in [0, 0.1) is 0 Å². The molecular formula is C28H34ClN5O4. The van der Waals surface area contributed by atoms with Gasteiger partial charge in [0.2, 0.25) is 11.8 Å². The molecule has 0 radical (unpaired) electrons. The molecule has 202 valence electrons. The number of amides is 5. The molecule has 0 aliphatic carbocycles. The number of para-hydroxylation sites is 1. The Hall–Kier alpha value is -3.43. The van der Waals surface area contributed by atoms with Gasteiger partial charge in [0, 0.05) is 36.9 Å². The highest BCUT2D eigenvalue weighted by Gasteiger charge is 2.59. The van der Waals surface area contributed by atoms with Gasteiger partial charge in [-0.2, -0.15) is 0 Å². The van der Waals surface area contributed by atoms with Crippen LogP contribution < -0.4 is 10.6 Å². The average Bonchev–Trinajstić information content (AvgIpc) is 3.12. The van der Waals surface area contributed by atoms with E-state index in [0.717, 1.165) is 10.5 Å². The number of hydrogen-bond donors (Lipinski definition) is 1. The number of hydrogen-bond acceptors (Lipinski definition) is 5. The number of nitrogens with two attached hydrogens (primary N) is 1. The van der Waals surface area contributed by atoms with Gasteiger partial charge in [0.25, 0.3) is 5.91 Å². The summed E-state index contributed by atoms with van der Waals surface area (Å²) >= 11 is 5.95. The Kier molecular flexibility index (Phi) is 8.38. The number of carbonyl (C=O) groups excluding carboxylic acids is 4. The first-order valence-corrected chi connectivity index (χ1v) is 13.4. The SMILES string of the molecule is CCN(CC)C(=O)CN1C(=O)N(c2ccccc2)C2(CCN(C(=O)[C@H](N)Cc3ccc(Cl)cc3)CC2)C1=O. The number of rotatable bonds is 8. The number of imide groups is 1. The predicted molar refractivity (Wildman–Crippen MR) is 146 cm³/mol. The van der Waals surface area contributed by atoms with E-state index in [-0.39, 0.29) is 44.3 Å². The van der Waals surface area contributed by atoms with Crippen LogP contribution in [0.4, 0.5) is 10.5 Å². The van der Waals surface area contributed by atoms with Crippen LogP contribution in [0.1, 0.15) is 32.3 Å². The Balaban J connectivity index is 1.53. The first-order valence-electron chi connectivity index (χ1n) is 13.0. The van der Waals surface area contributed by atoms with Crippen molar-refractivity contribution in [2.75, 3.05) is 37.6 Å². The number of nitrogens with zero attached hydrogens (tertiary/aromatic N) is 4. The van der Waals surface area contributed by atoms with Crippen LogP contribution in [0.15, 0.2) is 54.6 Å². The van der Waals surface area contributed by atoms with Crippen molar-refractivity contribution in [1.29, 1.82) is 0 Å². The molecule has 2 aromatic rings. The zero-order chi connectivity index (χ0) is 27.4. The molecule has 2 aromatic carbocycles. The number of carbonyl (C=O) groups is 4. The lowest BCUT2D eigenvalue weighted by Gasteiger charge is -2.42. The van der Waals surface area contributed by atoms with E-state index in [1.165, 1.54) is 4.90 Å². The van der Waals surface area contributed by atoms with Gasteiger partial charge in [-0.25, -0.2) is 4.79 Å². The van der Waals surface area contributed by atoms with Crippen LogP contribution in [-0.4, -0.2) is 82.8 Å². The van der Waals surface area contributed by atoms with E-state index in [0.29, 0.717) is 30.2 Å². The molecule has 0 saturated carbocycles. The fourth-order valence-electron chi connectivity index (χ4n) is 5.35. The van der Waals surface area contributed by atoms with Gasteiger partial charge in [-0.1, -0.05) is 41.9 Å². The van der Waals surface area contributed by atoms with E-state index in [9.17, 15) is 19.2 Å². The molecule has 0 bridgehead atoms. The monoisotopic (exact) mass is 539 g/mol. The summed E-state index contributed by atoms with van der Waals surface area (Å²) in [5, 5.41) is 0.613. The average molecular weight is 540 g/mol. The van der Waals surface area contributed by atoms with Crippen molar-refractivity contribution in [1.82, 2.24) is 14.7 Å². The molecule has 1 atom stereocenters. The fourth-order valence-corrected chi connectivity index (χ4v) is 5.48. The van der Waals surface area contributed by atoms with E-state index in [4.69, 9.17) is 17.3 Å². The second kappa shape index (κ2) is 11.5. The van der Waals surface area contributed by atoms with E-state index in [1.54, 1.807) is 46.2 Å². The molecule has 0 unspecified atom stereocenters. The lowest BCUT2D eigenvalue weighted by Crippen LogP contribution is -2.59. The van der Waals surface area contributed by atoms with Gasteiger partial charge in [0.1, 0.15) is 12.1 Å². The summed E-state index contributed by atoms with van der Waals surface area (Å²) < 4.78 is 0. The highest BCUT2D eigenvalue weighted by molar-refractivity contribution is 6.30. The first kappa shape index (κ1) is 27.6. The van der Waals surface area contributed by atoms with Crippen molar-refractivity contribution in [3.05, 3.63) is 65.2 Å². The molecule has 0 aromatic heterocycles. The van der Waals surface area contributed by atoms with Gasteiger partial charge >= 0.3 is 6.03 Å². The molecule has 5 amide bonds. The Morgan fingerprint density at radius 3 is 2.18 bits per heavy atom. The predicted octanol–water partition coefficient (Wildman–Crippen LogP) is 2.91. The molecule has 9 nitrogen and oxygen atoms in total. The quantitative estimate of drug-likeness (QED) is 0.519. The van der Waals surface area contributed by atoms with Crippen LogP contribution in [0.2, 0.25) is 5.02 Å². The third-order valence-corrected chi connectivity index (χ3v) is 7.76. The van der Waals surface area contributed by atoms with Crippen molar-refractivity contribution in [2.24, 2.45) is 5.73 Å². The maximum Gasteiger partial charge on any atom is 0.332 e. The second-order valence-electron chi connectivity index (χ2n) is 9.70. The van der Waals surface area contributed by atoms with Crippen molar-refractivity contribution in [2.45, 2.75) is 44.7 Å². The number of piperidine rings is 1. The number of anilines is 1. The fraction of sp³-hybridized carbons (Fsp3) is 0.429. The lowest BCUT2D eigenvalue weighted by molar-refractivity contribution is -0.141. The summed E-state index contributed by atoms with van der Waals surface area (Å²) in [6.45, 7) is 4.94. The molecule has 1 spiro atoms. The molecule has 2 N–H and O–H groups in total. The maximum absolute atomic E-state index is 13.8. The van der Waals surface area contributed by atoms with Crippen molar-refractivity contribution >= 4 is 41.0 Å². The molecule has 2 saturated heterocycles. The van der Waals surface area contributed by atoms with Crippen LogP contribution >= 0.6 is 11.6 Å². The number of likely N-dealkylation sites (tertiary alicyclic amines) is 1. The molecule has 2 aliphatic rings. The Bertz CT molecular complexity index is 1180. The van der Waals surface area contributed by atoms with Gasteiger partial charge in [0.05, 0.1) is 6.04 Å². The third-order valence-electron chi connectivity index (χ3n) is 7.51. The first-order chi connectivity index (χ1) is 18.2. The van der Waals surface area contributed by atoms with Gasteiger partial charge in [-0.05, 0) is 62.9 Å². The summed E-state index contributed by atoms with van der Waals surface area (Å²) in [4.78, 5) is 59.3.